The first-order chi connectivity index (χ1) is 7.88. The van der Waals surface area contributed by atoms with E-state index in [2.05, 4.69) is 28.5 Å². The quantitative estimate of drug-likeness (QED) is 0.792. The van der Waals surface area contributed by atoms with E-state index in [4.69, 9.17) is 4.42 Å². The van der Waals surface area contributed by atoms with Crippen molar-refractivity contribution in [3.8, 4) is 0 Å². The zero-order valence-electron chi connectivity index (χ0n) is 9.23. The van der Waals surface area contributed by atoms with Crippen molar-refractivity contribution in [3.63, 3.8) is 0 Å². The Bertz CT molecular complexity index is 542. The molecule has 0 amide bonds. The number of hydrogen-bond donors (Lipinski definition) is 1. The second kappa shape index (κ2) is 3.67. The molecule has 0 bridgehead atoms. The van der Waals surface area contributed by atoms with Gasteiger partial charge >= 0.3 is 0 Å². The molecule has 1 aliphatic heterocycles. The van der Waals surface area contributed by atoms with Gasteiger partial charge in [-0.3, -0.25) is 4.99 Å². The van der Waals surface area contributed by atoms with E-state index >= 15 is 0 Å². The Kier molecular flexibility index (Phi) is 2.17. The van der Waals surface area contributed by atoms with Crippen LogP contribution in [0, 0.1) is 0 Å². The van der Waals surface area contributed by atoms with Crippen molar-refractivity contribution in [2.45, 2.75) is 12.3 Å². The molecule has 0 aliphatic carbocycles. The summed E-state index contributed by atoms with van der Waals surface area (Å²) in [6.07, 6.45) is 2.79. The van der Waals surface area contributed by atoms with Crippen LogP contribution in [-0.2, 0) is 0 Å². The third-order valence-electron chi connectivity index (χ3n) is 3.17. The molecule has 3 heteroatoms. The lowest BCUT2D eigenvalue weighted by atomic mass is 10.0. The summed E-state index contributed by atoms with van der Waals surface area (Å²) < 4.78 is 5.70. The molecule has 2 heterocycles. The number of amidine groups is 1. The molecule has 1 aliphatic rings. The van der Waals surface area contributed by atoms with E-state index in [9.17, 15) is 0 Å². The Morgan fingerprint density at radius 2 is 2.25 bits per heavy atom. The molecule has 1 fully saturated rings. The Morgan fingerprint density at radius 3 is 3.06 bits per heavy atom. The Labute approximate surface area is 94.2 Å². The van der Waals surface area contributed by atoms with Crippen LogP contribution in [0.2, 0.25) is 0 Å². The normalized spacial score (nSPS) is 22.8. The monoisotopic (exact) mass is 214 g/mol. The molecular weight excluding hydrogens is 200 g/mol. The highest BCUT2D eigenvalue weighted by atomic mass is 16.3. The minimum Gasteiger partial charge on any atom is -0.468 e. The minimum absolute atomic E-state index is 0.415. The van der Waals surface area contributed by atoms with Gasteiger partial charge in [0.1, 0.15) is 5.76 Å². The first kappa shape index (κ1) is 9.46. The Hall–Kier alpha value is -1.77. The molecule has 1 aromatic carbocycles. The highest BCUT2D eigenvalue weighted by molar-refractivity contribution is 5.88. The number of nitrogens with one attached hydrogen (secondary N) is 1. The van der Waals surface area contributed by atoms with Crippen LogP contribution in [0.5, 0.6) is 0 Å². The standard InChI is InChI=1S/C13H14N2O/c1-14-12-6-10(7-15-12)13-11-5-3-2-4-9(11)8-16-13/h2-5,8,10H,6-7H2,1H3,(H,14,15). The van der Waals surface area contributed by atoms with Gasteiger partial charge in [0.15, 0.2) is 0 Å². The molecule has 3 nitrogen and oxygen atoms in total. The van der Waals surface area contributed by atoms with E-state index in [1.807, 2.05) is 19.4 Å². The number of fused-ring (bicyclic) bond motifs is 1. The van der Waals surface area contributed by atoms with E-state index in [-0.39, 0.29) is 0 Å². The van der Waals surface area contributed by atoms with Crippen LogP contribution in [0.4, 0.5) is 0 Å². The summed E-state index contributed by atoms with van der Waals surface area (Å²) in [6.45, 7) is 0.921. The molecule has 1 aromatic heterocycles. The SMILES string of the molecule is CN=C1CC(c2occ3ccccc23)CN1. The highest BCUT2D eigenvalue weighted by Crippen LogP contribution is 2.31. The fourth-order valence-electron chi connectivity index (χ4n) is 2.31. The van der Waals surface area contributed by atoms with Crippen LogP contribution >= 0.6 is 0 Å². The summed E-state index contributed by atoms with van der Waals surface area (Å²) in [5, 5.41) is 5.71. The number of hydrogen-bond acceptors (Lipinski definition) is 2. The van der Waals surface area contributed by atoms with Crippen molar-refractivity contribution in [1.29, 1.82) is 0 Å². The van der Waals surface area contributed by atoms with Crippen LogP contribution in [0.15, 0.2) is 39.9 Å². The molecule has 0 saturated carbocycles. The lowest BCUT2D eigenvalue weighted by molar-refractivity contribution is 0.481. The largest absolute Gasteiger partial charge is 0.468 e. The van der Waals surface area contributed by atoms with Gasteiger partial charge in [0.05, 0.1) is 12.1 Å². The number of benzene rings is 1. The smallest absolute Gasteiger partial charge is 0.116 e. The molecule has 2 aromatic rings. The van der Waals surface area contributed by atoms with E-state index in [0.717, 1.165) is 24.6 Å². The molecular formula is C13H14N2O. The fraction of sp³-hybridized carbons (Fsp3) is 0.308. The third-order valence-corrected chi connectivity index (χ3v) is 3.17. The predicted octanol–water partition coefficient (Wildman–Crippen LogP) is 2.54. The van der Waals surface area contributed by atoms with Crippen molar-refractivity contribution in [2.24, 2.45) is 4.99 Å². The lowest BCUT2D eigenvalue weighted by Crippen LogP contribution is -2.14. The average Bonchev–Trinajstić information content (AvgIpc) is 2.94. The van der Waals surface area contributed by atoms with Crippen molar-refractivity contribution >= 4 is 16.6 Å². The zero-order chi connectivity index (χ0) is 11.0. The van der Waals surface area contributed by atoms with Crippen LogP contribution in [0.25, 0.3) is 10.8 Å². The molecule has 0 spiro atoms. The van der Waals surface area contributed by atoms with Gasteiger partial charge in [-0.15, -0.1) is 0 Å². The summed E-state index contributed by atoms with van der Waals surface area (Å²) in [4.78, 5) is 4.19. The van der Waals surface area contributed by atoms with Gasteiger partial charge in [-0.25, -0.2) is 0 Å². The summed E-state index contributed by atoms with van der Waals surface area (Å²) >= 11 is 0. The molecule has 16 heavy (non-hydrogen) atoms. The summed E-state index contributed by atoms with van der Waals surface area (Å²) in [6, 6.07) is 8.29. The van der Waals surface area contributed by atoms with E-state index in [0.29, 0.717) is 5.92 Å². The number of rotatable bonds is 1. The maximum atomic E-state index is 5.70. The first-order valence-corrected chi connectivity index (χ1v) is 5.54. The van der Waals surface area contributed by atoms with Crippen LogP contribution in [0.1, 0.15) is 18.1 Å². The molecule has 82 valence electrons. The summed E-state index contributed by atoms with van der Waals surface area (Å²) in [5.74, 6) is 2.57. The maximum Gasteiger partial charge on any atom is 0.116 e. The molecule has 3 rings (SSSR count). The van der Waals surface area contributed by atoms with Gasteiger partial charge in [0.25, 0.3) is 0 Å². The number of nitrogens with zero attached hydrogens (tertiary/aromatic N) is 1. The Morgan fingerprint density at radius 1 is 1.38 bits per heavy atom. The van der Waals surface area contributed by atoms with E-state index in [1.165, 1.54) is 10.8 Å². The van der Waals surface area contributed by atoms with Crippen molar-refractivity contribution in [1.82, 2.24) is 5.32 Å². The third kappa shape index (κ3) is 1.40. The second-order valence-corrected chi connectivity index (χ2v) is 4.14. The topological polar surface area (TPSA) is 37.5 Å². The maximum absolute atomic E-state index is 5.70. The van der Waals surface area contributed by atoms with Gasteiger partial charge in [-0.05, 0) is 0 Å². The van der Waals surface area contributed by atoms with E-state index in [1.54, 1.807) is 0 Å². The molecule has 1 N–H and O–H groups in total. The Balaban J connectivity index is 2.01. The number of furan rings is 1. The van der Waals surface area contributed by atoms with Crippen LogP contribution in [-0.4, -0.2) is 19.4 Å². The summed E-state index contributed by atoms with van der Waals surface area (Å²) in [7, 11) is 1.82. The number of aliphatic imine (C=N–C) groups is 1. The minimum atomic E-state index is 0.415. The second-order valence-electron chi connectivity index (χ2n) is 4.14. The predicted molar refractivity (Wildman–Crippen MR) is 64.9 cm³/mol. The van der Waals surface area contributed by atoms with Gasteiger partial charge in [0.2, 0.25) is 0 Å². The zero-order valence-corrected chi connectivity index (χ0v) is 9.23. The van der Waals surface area contributed by atoms with Gasteiger partial charge in [-0.1, -0.05) is 24.3 Å². The highest BCUT2D eigenvalue weighted by Gasteiger charge is 2.25. The van der Waals surface area contributed by atoms with Gasteiger partial charge in [-0.2, -0.15) is 0 Å². The molecule has 0 radical (unpaired) electrons. The fourth-order valence-corrected chi connectivity index (χ4v) is 2.31. The van der Waals surface area contributed by atoms with Crippen LogP contribution < -0.4 is 5.32 Å². The van der Waals surface area contributed by atoms with Crippen molar-refractivity contribution in [2.75, 3.05) is 13.6 Å². The molecule has 1 unspecified atom stereocenters. The van der Waals surface area contributed by atoms with Crippen LogP contribution in [0.3, 0.4) is 0 Å². The summed E-state index contributed by atoms with van der Waals surface area (Å²) in [5.41, 5.74) is 0. The van der Waals surface area contributed by atoms with Crippen molar-refractivity contribution < 1.29 is 4.42 Å². The lowest BCUT2D eigenvalue weighted by Gasteiger charge is -2.03. The molecule has 1 saturated heterocycles. The van der Waals surface area contributed by atoms with E-state index < -0.39 is 0 Å². The first-order valence-electron chi connectivity index (χ1n) is 5.54. The van der Waals surface area contributed by atoms with Gasteiger partial charge in [0, 0.05) is 36.7 Å². The average molecular weight is 214 g/mol. The van der Waals surface area contributed by atoms with Crippen molar-refractivity contribution in [3.05, 3.63) is 36.3 Å². The van der Waals surface area contributed by atoms with Gasteiger partial charge < -0.3 is 9.73 Å². The molecule has 1 atom stereocenters.